The average Bonchev–Trinajstić information content (AvgIpc) is 2.52. The van der Waals surface area contributed by atoms with Gasteiger partial charge in [-0.1, -0.05) is 30.3 Å². The molecule has 0 amide bonds. The lowest BCUT2D eigenvalue weighted by atomic mass is 10.2. The van der Waals surface area contributed by atoms with Crippen LogP contribution in [-0.2, 0) is 13.6 Å². The summed E-state index contributed by atoms with van der Waals surface area (Å²) in [4.78, 5) is 0. The molecule has 2 rings (SSSR count). The minimum atomic E-state index is 0.737. The van der Waals surface area contributed by atoms with Crippen molar-refractivity contribution in [2.45, 2.75) is 6.54 Å². The van der Waals surface area contributed by atoms with Gasteiger partial charge >= 0.3 is 0 Å². The Morgan fingerprint density at radius 1 is 1.29 bits per heavy atom. The largest absolute Gasteiger partial charge is 0.310 e. The molecular weight excluding hydrogens is 194 g/mol. The normalized spacial score (nSPS) is 10.4. The van der Waals surface area contributed by atoms with Crippen LogP contribution in [0.4, 0.5) is 0 Å². The number of aromatic nitrogens is 3. The molecule has 0 N–H and O–H groups in total. The predicted molar refractivity (Wildman–Crippen MR) is 57.6 cm³/mol. The summed E-state index contributed by atoms with van der Waals surface area (Å²) in [5, 5.41) is 4.19. The van der Waals surface area contributed by atoms with E-state index in [4.69, 9.17) is 12.2 Å². The molecule has 0 saturated heterocycles. The summed E-state index contributed by atoms with van der Waals surface area (Å²) in [5.74, 6) is 0. The van der Waals surface area contributed by atoms with Crippen LogP contribution in [-0.4, -0.2) is 14.3 Å². The third-order valence-corrected chi connectivity index (χ3v) is 2.56. The fourth-order valence-corrected chi connectivity index (χ4v) is 1.44. The van der Waals surface area contributed by atoms with Crippen molar-refractivity contribution in [2.75, 3.05) is 0 Å². The number of aryl methyl sites for hydroxylation is 1. The van der Waals surface area contributed by atoms with Crippen molar-refractivity contribution < 1.29 is 0 Å². The topological polar surface area (TPSA) is 22.8 Å². The molecule has 0 aliphatic rings. The Balaban J connectivity index is 2.28. The number of rotatable bonds is 2. The zero-order chi connectivity index (χ0) is 9.97. The highest BCUT2D eigenvalue weighted by Crippen LogP contribution is 2.01. The second kappa shape index (κ2) is 3.75. The van der Waals surface area contributed by atoms with E-state index < -0.39 is 0 Å². The zero-order valence-corrected chi connectivity index (χ0v) is 8.74. The van der Waals surface area contributed by atoms with E-state index in [9.17, 15) is 0 Å². The van der Waals surface area contributed by atoms with E-state index in [0.717, 1.165) is 11.3 Å². The Morgan fingerprint density at radius 2 is 2.00 bits per heavy atom. The molecule has 1 aromatic carbocycles. The van der Waals surface area contributed by atoms with Crippen molar-refractivity contribution in [3.8, 4) is 0 Å². The molecule has 1 aromatic heterocycles. The SMILES string of the molecule is Cn1cnn(Cc2ccccc2)c1=S. The van der Waals surface area contributed by atoms with E-state index in [1.165, 1.54) is 5.56 Å². The van der Waals surface area contributed by atoms with Crippen molar-refractivity contribution in [3.05, 3.63) is 47.0 Å². The standard InChI is InChI=1S/C10H11N3S/c1-12-8-11-13(10(12)14)7-9-5-3-2-4-6-9/h2-6,8H,7H2,1H3. The van der Waals surface area contributed by atoms with Crippen LogP contribution >= 0.6 is 12.2 Å². The quantitative estimate of drug-likeness (QED) is 0.700. The maximum atomic E-state index is 5.19. The molecule has 0 bridgehead atoms. The van der Waals surface area contributed by atoms with Gasteiger partial charge in [-0.2, -0.15) is 5.10 Å². The minimum Gasteiger partial charge on any atom is -0.310 e. The van der Waals surface area contributed by atoms with Crippen LogP contribution in [0.3, 0.4) is 0 Å². The Kier molecular flexibility index (Phi) is 2.45. The van der Waals surface area contributed by atoms with Crippen LogP contribution in [0.15, 0.2) is 36.7 Å². The fourth-order valence-electron chi connectivity index (χ4n) is 1.29. The first-order chi connectivity index (χ1) is 6.77. The average molecular weight is 205 g/mol. The highest BCUT2D eigenvalue weighted by atomic mass is 32.1. The van der Waals surface area contributed by atoms with Gasteiger partial charge < -0.3 is 4.57 Å². The maximum Gasteiger partial charge on any atom is 0.197 e. The second-order valence-corrected chi connectivity index (χ2v) is 3.53. The lowest BCUT2D eigenvalue weighted by molar-refractivity contribution is 0.667. The molecule has 0 fully saturated rings. The van der Waals surface area contributed by atoms with Gasteiger partial charge in [0.05, 0.1) is 6.54 Å². The van der Waals surface area contributed by atoms with Gasteiger partial charge in [0.1, 0.15) is 6.33 Å². The molecule has 3 nitrogen and oxygen atoms in total. The second-order valence-electron chi connectivity index (χ2n) is 3.17. The van der Waals surface area contributed by atoms with Crippen LogP contribution in [0.1, 0.15) is 5.56 Å². The first-order valence-corrected chi connectivity index (χ1v) is 4.80. The molecule has 2 aromatic rings. The summed E-state index contributed by atoms with van der Waals surface area (Å²) in [6.45, 7) is 0.737. The Morgan fingerprint density at radius 3 is 2.57 bits per heavy atom. The van der Waals surface area contributed by atoms with Gasteiger partial charge in [-0.15, -0.1) is 0 Å². The monoisotopic (exact) mass is 205 g/mol. The van der Waals surface area contributed by atoms with Gasteiger partial charge in [0.15, 0.2) is 4.77 Å². The van der Waals surface area contributed by atoms with Crippen LogP contribution in [0, 0.1) is 4.77 Å². The van der Waals surface area contributed by atoms with E-state index in [2.05, 4.69) is 17.2 Å². The van der Waals surface area contributed by atoms with Gasteiger partial charge in [0, 0.05) is 7.05 Å². The van der Waals surface area contributed by atoms with Crippen LogP contribution in [0.25, 0.3) is 0 Å². The molecule has 0 saturated carbocycles. The van der Waals surface area contributed by atoms with Gasteiger partial charge in [-0.25, -0.2) is 4.68 Å². The predicted octanol–water partition coefficient (Wildman–Crippen LogP) is 2.00. The molecule has 0 unspecified atom stereocenters. The van der Waals surface area contributed by atoms with Crippen LogP contribution in [0.2, 0.25) is 0 Å². The molecule has 0 atom stereocenters. The van der Waals surface area contributed by atoms with Crippen LogP contribution < -0.4 is 0 Å². The lowest BCUT2D eigenvalue weighted by Crippen LogP contribution is -2.02. The fraction of sp³-hybridized carbons (Fsp3) is 0.200. The Bertz CT molecular complexity index is 470. The molecular formula is C10H11N3S. The zero-order valence-electron chi connectivity index (χ0n) is 7.92. The van der Waals surface area contributed by atoms with Crippen molar-refractivity contribution in [2.24, 2.45) is 7.05 Å². The van der Waals surface area contributed by atoms with Gasteiger partial charge in [0.2, 0.25) is 0 Å². The molecule has 14 heavy (non-hydrogen) atoms. The Hall–Kier alpha value is -1.42. The minimum absolute atomic E-state index is 0.737. The molecule has 72 valence electrons. The first-order valence-electron chi connectivity index (χ1n) is 4.40. The number of hydrogen-bond donors (Lipinski definition) is 0. The smallest absolute Gasteiger partial charge is 0.197 e. The van der Waals surface area contributed by atoms with Gasteiger partial charge in [-0.05, 0) is 17.8 Å². The first kappa shape index (κ1) is 9.15. The van der Waals surface area contributed by atoms with E-state index in [0.29, 0.717) is 0 Å². The van der Waals surface area contributed by atoms with Crippen molar-refractivity contribution >= 4 is 12.2 Å². The lowest BCUT2D eigenvalue weighted by Gasteiger charge is -2.00. The van der Waals surface area contributed by atoms with Gasteiger partial charge in [0.25, 0.3) is 0 Å². The van der Waals surface area contributed by atoms with E-state index in [1.807, 2.05) is 34.5 Å². The number of nitrogens with zero attached hydrogens (tertiary/aromatic N) is 3. The summed E-state index contributed by atoms with van der Waals surface area (Å²) in [6, 6.07) is 10.2. The van der Waals surface area contributed by atoms with Crippen molar-refractivity contribution in [1.29, 1.82) is 0 Å². The van der Waals surface area contributed by atoms with E-state index in [1.54, 1.807) is 6.33 Å². The molecule has 0 aliphatic carbocycles. The summed E-state index contributed by atoms with van der Waals surface area (Å²) in [6.07, 6.45) is 1.73. The molecule has 0 radical (unpaired) electrons. The summed E-state index contributed by atoms with van der Waals surface area (Å²) in [5.41, 5.74) is 1.21. The third-order valence-electron chi connectivity index (χ3n) is 2.06. The third kappa shape index (κ3) is 1.75. The summed E-state index contributed by atoms with van der Waals surface area (Å²) in [7, 11) is 1.90. The number of benzene rings is 1. The highest BCUT2D eigenvalue weighted by molar-refractivity contribution is 7.71. The van der Waals surface area contributed by atoms with E-state index >= 15 is 0 Å². The Labute approximate surface area is 87.6 Å². The van der Waals surface area contributed by atoms with Gasteiger partial charge in [-0.3, -0.25) is 0 Å². The molecule has 1 heterocycles. The maximum absolute atomic E-state index is 5.19. The van der Waals surface area contributed by atoms with Crippen molar-refractivity contribution in [1.82, 2.24) is 14.3 Å². The van der Waals surface area contributed by atoms with E-state index in [-0.39, 0.29) is 0 Å². The number of hydrogen-bond acceptors (Lipinski definition) is 2. The molecule has 0 spiro atoms. The molecule has 4 heteroatoms. The van der Waals surface area contributed by atoms with Crippen molar-refractivity contribution in [3.63, 3.8) is 0 Å². The van der Waals surface area contributed by atoms with Crippen LogP contribution in [0.5, 0.6) is 0 Å². The summed E-state index contributed by atoms with van der Waals surface area (Å²) < 4.78 is 4.39. The molecule has 0 aliphatic heterocycles. The highest BCUT2D eigenvalue weighted by Gasteiger charge is 1.98. The summed E-state index contributed by atoms with van der Waals surface area (Å²) >= 11 is 5.19.